The molecule has 0 radical (unpaired) electrons. The lowest BCUT2D eigenvalue weighted by Gasteiger charge is -2.70. The van der Waals surface area contributed by atoms with Crippen LogP contribution in [-0.4, -0.2) is 47.5 Å². The fourth-order valence-corrected chi connectivity index (χ4v) is 17.4. The van der Waals surface area contributed by atoms with Gasteiger partial charge in [0.15, 0.2) is 0 Å². The molecule has 0 heterocycles. The van der Waals surface area contributed by atoms with Gasteiger partial charge in [-0.3, -0.25) is 19.2 Å². The maximum atomic E-state index is 15.0. The molecule has 57 heavy (non-hydrogen) atoms. The number of ketones is 4. The van der Waals surface area contributed by atoms with Crippen LogP contribution in [0.25, 0.3) is 0 Å². The highest BCUT2D eigenvalue weighted by Crippen LogP contribution is 2.74. The summed E-state index contributed by atoms with van der Waals surface area (Å²) in [5.41, 5.74) is -0.470. The van der Waals surface area contributed by atoms with Crippen molar-refractivity contribution in [2.45, 2.75) is 198 Å². The molecule has 7 fully saturated rings. The molecule has 7 aliphatic rings. The van der Waals surface area contributed by atoms with E-state index in [1.165, 1.54) is 12.8 Å². The molecule has 20 atom stereocenters. The second kappa shape index (κ2) is 14.9. The number of hydrogen-bond donors (Lipinski definition) is 0. The predicted octanol–water partition coefficient (Wildman–Crippen LogP) is 11.2. The molecule has 6 heteroatoms. The van der Waals surface area contributed by atoms with Gasteiger partial charge < -0.3 is 9.47 Å². The molecule has 0 aliphatic heterocycles. The van der Waals surface area contributed by atoms with E-state index < -0.39 is 0 Å². The summed E-state index contributed by atoms with van der Waals surface area (Å²) in [5, 5.41) is 0. The largest absolute Gasteiger partial charge is 0.374 e. The minimum Gasteiger partial charge on any atom is -0.374 e. The molecule has 0 aromatic heterocycles. The highest BCUT2D eigenvalue weighted by Gasteiger charge is 2.70. The Morgan fingerprint density at radius 1 is 0.632 bits per heavy atom. The Morgan fingerprint density at radius 3 is 1.89 bits per heavy atom. The predicted molar refractivity (Wildman–Crippen MR) is 226 cm³/mol. The van der Waals surface area contributed by atoms with Crippen LogP contribution in [0, 0.1) is 98.1 Å². The van der Waals surface area contributed by atoms with Gasteiger partial charge in [0.2, 0.25) is 0 Å². The van der Waals surface area contributed by atoms with E-state index in [1.807, 2.05) is 0 Å². The number of fused-ring (bicyclic) bond motifs is 7. The SMILES string of the molecule is CC(=O)[C@H]1C[C@H](O[C@H]2[C@H](C)C[C@H](O[C@H]3CC[C@@]4(C)C(CC[C@@]5(C)C6CCC7[C@H](C)C[C@](C)(C(C)=O)C[C@@]7(C)C6CC(=O)C54)C3(C)C)C[C@@H]2C(C)=O)C(C)C(C)C1C. The fraction of sp³-hybridized carbons (Fsp3) is 0.922. The molecule has 0 N–H and O–H groups in total. The van der Waals surface area contributed by atoms with Crippen LogP contribution >= 0.6 is 0 Å². The van der Waals surface area contributed by atoms with Crippen molar-refractivity contribution in [3.63, 3.8) is 0 Å². The van der Waals surface area contributed by atoms with Crippen LogP contribution in [0.4, 0.5) is 0 Å². The van der Waals surface area contributed by atoms with E-state index in [9.17, 15) is 14.4 Å². The molecule has 0 aromatic rings. The summed E-state index contributed by atoms with van der Waals surface area (Å²) in [7, 11) is 0. The van der Waals surface area contributed by atoms with E-state index in [-0.39, 0.29) is 86.7 Å². The van der Waals surface area contributed by atoms with Crippen LogP contribution < -0.4 is 0 Å². The standard InChI is InChI=1S/C51H82O6/c1-27-21-35(22-37(33(7)53)45(27)57-42-23-36(32(6)52)30(4)29(3)31(42)5)56-44-18-20-50(13)43(47(44,9)10)17-19-49(12)39-16-15-38-28(2)25-48(11,34(8)54)26-51(38,14)40(39)24-41(55)46(49)50/h27-31,35-40,42-46H,15-26H2,1-14H3/t27-,28-,29?,30?,31?,35+,36+,37-,38?,39?,40?,42+,43?,44+,45+,46?,48+,49+,50+,51-/m1/s1. The van der Waals surface area contributed by atoms with E-state index >= 15 is 4.79 Å². The summed E-state index contributed by atoms with van der Waals surface area (Å²) in [6.45, 7) is 31.2. The lowest BCUT2D eigenvalue weighted by molar-refractivity contribution is -0.236. The van der Waals surface area contributed by atoms with Gasteiger partial charge in [-0.2, -0.15) is 0 Å². The third-order valence-corrected chi connectivity index (χ3v) is 20.6. The Bertz CT molecular complexity index is 1600. The van der Waals surface area contributed by atoms with Gasteiger partial charge in [0.05, 0.1) is 24.4 Å². The zero-order valence-electron chi connectivity index (χ0n) is 38.7. The van der Waals surface area contributed by atoms with Crippen LogP contribution in [0.15, 0.2) is 0 Å². The maximum Gasteiger partial charge on any atom is 0.137 e. The van der Waals surface area contributed by atoms with E-state index in [0.29, 0.717) is 71.8 Å². The quantitative estimate of drug-likeness (QED) is 0.255. The lowest BCUT2D eigenvalue weighted by Crippen LogP contribution is -2.67. The topological polar surface area (TPSA) is 86.7 Å². The zero-order chi connectivity index (χ0) is 41.9. The summed E-state index contributed by atoms with van der Waals surface area (Å²) >= 11 is 0. The van der Waals surface area contributed by atoms with Gasteiger partial charge in [0.25, 0.3) is 0 Å². The molecule has 7 aliphatic carbocycles. The average Bonchev–Trinajstić information content (AvgIpc) is 3.09. The smallest absolute Gasteiger partial charge is 0.137 e. The van der Waals surface area contributed by atoms with Crippen molar-refractivity contribution < 1.29 is 28.7 Å². The molecule has 0 aromatic carbocycles. The Morgan fingerprint density at radius 2 is 1.26 bits per heavy atom. The number of Topliss-reactive ketones (excluding diaryl/α,β-unsaturated/α-hetero) is 4. The Hall–Kier alpha value is -1.40. The molecule has 7 rings (SSSR count). The van der Waals surface area contributed by atoms with Crippen LogP contribution in [-0.2, 0) is 28.7 Å². The first-order valence-electron chi connectivity index (χ1n) is 23.8. The number of ether oxygens (including phenoxy) is 2. The van der Waals surface area contributed by atoms with Crippen molar-refractivity contribution in [1.29, 1.82) is 0 Å². The van der Waals surface area contributed by atoms with Gasteiger partial charge >= 0.3 is 0 Å². The van der Waals surface area contributed by atoms with E-state index in [1.54, 1.807) is 20.8 Å². The zero-order valence-corrected chi connectivity index (χ0v) is 38.7. The van der Waals surface area contributed by atoms with Crippen molar-refractivity contribution in [3.05, 3.63) is 0 Å². The highest BCUT2D eigenvalue weighted by molar-refractivity contribution is 5.85. The molecule has 0 bridgehead atoms. The van der Waals surface area contributed by atoms with Crippen LogP contribution in [0.2, 0.25) is 0 Å². The molecule has 322 valence electrons. The number of carbonyl (C=O) groups is 4. The fourth-order valence-electron chi connectivity index (χ4n) is 17.4. The molecule has 0 saturated heterocycles. The second-order valence-electron chi connectivity index (χ2n) is 24.0. The first kappa shape index (κ1) is 43.7. The Kier molecular flexibility index (Phi) is 11.4. The third kappa shape index (κ3) is 6.84. The van der Waals surface area contributed by atoms with Gasteiger partial charge in [-0.25, -0.2) is 0 Å². The molecule has 8 unspecified atom stereocenters. The lowest BCUT2D eigenvalue weighted by atomic mass is 9.34. The van der Waals surface area contributed by atoms with Crippen LogP contribution in [0.1, 0.15) is 174 Å². The van der Waals surface area contributed by atoms with Gasteiger partial charge in [0, 0.05) is 29.6 Å². The molecular formula is C51H82O6. The number of hydrogen-bond acceptors (Lipinski definition) is 6. The molecule has 0 spiro atoms. The summed E-state index contributed by atoms with van der Waals surface area (Å²) in [5.74, 6) is 4.72. The van der Waals surface area contributed by atoms with Crippen molar-refractivity contribution in [1.82, 2.24) is 0 Å². The average molecular weight is 791 g/mol. The first-order chi connectivity index (χ1) is 26.4. The first-order valence-corrected chi connectivity index (χ1v) is 23.8. The third-order valence-electron chi connectivity index (χ3n) is 20.6. The molecule has 7 saturated carbocycles. The van der Waals surface area contributed by atoms with Gasteiger partial charge in [-0.15, -0.1) is 0 Å². The monoisotopic (exact) mass is 791 g/mol. The van der Waals surface area contributed by atoms with Crippen LogP contribution in [0.3, 0.4) is 0 Å². The summed E-state index contributed by atoms with van der Waals surface area (Å²) < 4.78 is 14.2. The van der Waals surface area contributed by atoms with Crippen molar-refractivity contribution in [2.75, 3.05) is 0 Å². The Labute approximate surface area is 347 Å². The van der Waals surface area contributed by atoms with Crippen molar-refractivity contribution in [2.24, 2.45) is 98.1 Å². The van der Waals surface area contributed by atoms with E-state index in [0.717, 1.165) is 51.4 Å². The number of carbonyl (C=O) groups excluding carboxylic acids is 4. The van der Waals surface area contributed by atoms with Crippen LogP contribution in [0.5, 0.6) is 0 Å². The van der Waals surface area contributed by atoms with Crippen molar-refractivity contribution >= 4 is 23.1 Å². The van der Waals surface area contributed by atoms with Gasteiger partial charge in [-0.05, 0) is 166 Å². The van der Waals surface area contributed by atoms with Gasteiger partial charge in [0.1, 0.15) is 23.1 Å². The molecular weight excluding hydrogens is 709 g/mol. The maximum absolute atomic E-state index is 15.0. The molecule has 0 amide bonds. The Balaban J connectivity index is 1.07. The summed E-state index contributed by atoms with van der Waals surface area (Å²) in [4.78, 5) is 54.2. The van der Waals surface area contributed by atoms with Gasteiger partial charge in [-0.1, -0.05) is 76.2 Å². The normalized spacial score (nSPS) is 53.4. The van der Waals surface area contributed by atoms with E-state index in [4.69, 9.17) is 9.47 Å². The van der Waals surface area contributed by atoms with Crippen molar-refractivity contribution in [3.8, 4) is 0 Å². The number of rotatable bonds is 7. The molecule has 6 nitrogen and oxygen atoms in total. The second-order valence-corrected chi connectivity index (χ2v) is 24.0. The minimum absolute atomic E-state index is 0.00416. The van der Waals surface area contributed by atoms with E-state index in [2.05, 4.69) is 76.2 Å². The minimum atomic E-state index is -0.292. The summed E-state index contributed by atoms with van der Waals surface area (Å²) in [6, 6.07) is 0. The summed E-state index contributed by atoms with van der Waals surface area (Å²) in [6.07, 6.45) is 11.4. The highest BCUT2D eigenvalue weighted by atomic mass is 16.5.